The fraction of sp³-hybridized carbons (Fsp3) is 0.200. The zero-order valence-corrected chi connectivity index (χ0v) is 8.32. The minimum Gasteiger partial charge on any atom is -0.424 e. The van der Waals surface area contributed by atoms with E-state index in [1.54, 1.807) is 19.4 Å². The molecule has 0 atom stereocenters. The quantitative estimate of drug-likeness (QED) is 0.587. The molecule has 4 nitrogen and oxygen atoms in total. The van der Waals surface area contributed by atoms with Gasteiger partial charge in [-0.2, -0.15) is 0 Å². The van der Waals surface area contributed by atoms with Crippen LogP contribution < -0.4 is 5.32 Å². The Hall–Kier alpha value is -1.84. The Labute approximate surface area is 83.1 Å². The Morgan fingerprint density at radius 2 is 2.50 bits per heavy atom. The summed E-state index contributed by atoms with van der Waals surface area (Å²) >= 11 is 0. The van der Waals surface area contributed by atoms with Crippen LogP contribution in [0.4, 0.5) is 6.01 Å². The molecule has 0 aliphatic heterocycles. The second kappa shape index (κ2) is 5.01. The molecule has 0 unspecified atom stereocenters. The highest BCUT2D eigenvalue weighted by molar-refractivity contribution is 5.70. The molecular weight excluding hydrogens is 178 g/mol. The molecule has 1 aromatic heterocycles. The van der Waals surface area contributed by atoms with E-state index in [1.165, 1.54) is 0 Å². The van der Waals surface area contributed by atoms with E-state index in [0.29, 0.717) is 11.8 Å². The topological polar surface area (TPSA) is 50.4 Å². The van der Waals surface area contributed by atoms with Gasteiger partial charge in [0.05, 0.1) is 6.20 Å². The maximum Gasteiger partial charge on any atom is 0.294 e. The minimum atomic E-state index is 0.499. The normalized spacial score (nSPS) is 12.0. The Morgan fingerprint density at radius 3 is 3.00 bits per heavy atom. The van der Waals surface area contributed by atoms with Gasteiger partial charge >= 0.3 is 0 Å². The SMILES string of the molecule is C=N/C=C\C(=C/C)c1cnc(NC)o1. The summed E-state index contributed by atoms with van der Waals surface area (Å²) in [6, 6.07) is 0.499. The van der Waals surface area contributed by atoms with Crippen LogP contribution in [0.15, 0.2) is 34.0 Å². The van der Waals surface area contributed by atoms with E-state index in [1.807, 2.05) is 19.1 Å². The summed E-state index contributed by atoms with van der Waals surface area (Å²) in [5.74, 6) is 0.705. The molecular formula is C10H13N3O. The molecule has 1 rings (SSSR count). The number of oxazole rings is 1. The Balaban J connectivity index is 2.90. The first-order chi connectivity index (χ1) is 6.81. The summed E-state index contributed by atoms with van der Waals surface area (Å²) in [6.45, 7) is 5.28. The van der Waals surface area contributed by atoms with Crippen LogP contribution >= 0.6 is 0 Å². The Morgan fingerprint density at radius 1 is 1.71 bits per heavy atom. The lowest BCUT2D eigenvalue weighted by molar-refractivity contribution is 0.563. The molecule has 1 aromatic rings. The third-order valence-corrected chi connectivity index (χ3v) is 1.67. The van der Waals surface area contributed by atoms with E-state index >= 15 is 0 Å². The molecule has 0 spiro atoms. The van der Waals surface area contributed by atoms with Gasteiger partial charge in [-0.1, -0.05) is 6.08 Å². The fourth-order valence-electron chi connectivity index (χ4n) is 0.977. The predicted molar refractivity (Wildman–Crippen MR) is 58.4 cm³/mol. The van der Waals surface area contributed by atoms with E-state index in [2.05, 4.69) is 22.0 Å². The van der Waals surface area contributed by atoms with Crippen molar-refractivity contribution >= 4 is 18.3 Å². The Kier molecular flexibility index (Phi) is 3.67. The van der Waals surface area contributed by atoms with Crippen LogP contribution in [0, 0.1) is 0 Å². The molecule has 0 amide bonds. The van der Waals surface area contributed by atoms with Crippen LogP contribution in [0.25, 0.3) is 5.57 Å². The van der Waals surface area contributed by atoms with Gasteiger partial charge < -0.3 is 9.73 Å². The first-order valence-corrected chi connectivity index (χ1v) is 4.24. The van der Waals surface area contributed by atoms with Crippen molar-refractivity contribution in [2.45, 2.75) is 6.92 Å². The number of nitrogens with one attached hydrogen (secondary N) is 1. The van der Waals surface area contributed by atoms with Gasteiger partial charge in [0.2, 0.25) is 0 Å². The van der Waals surface area contributed by atoms with E-state index in [0.717, 1.165) is 5.57 Å². The van der Waals surface area contributed by atoms with Crippen LogP contribution in [0.1, 0.15) is 12.7 Å². The highest BCUT2D eigenvalue weighted by Crippen LogP contribution is 2.18. The first-order valence-electron chi connectivity index (χ1n) is 4.24. The average molecular weight is 191 g/mol. The highest BCUT2D eigenvalue weighted by atomic mass is 16.4. The second-order valence-electron chi connectivity index (χ2n) is 2.52. The zero-order valence-electron chi connectivity index (χ0n) is 8.32. The highest BCUT2D eigenvalue weighted by Gasteiger charge is 2.03. The van der Waals surface area contributed by atoms with Crippen molar-refractivity contribution in [3.05, 3.63) is 30.3 Å². The van der Waals surface area contributed by atoms with Crippen LogP contribution in [-0.4, -0.2) is 18.7 Å². The van der Waals surface area contributed by atoms with Gasteiger partial charge in [-0.25, -0.2) is 4.98 Å². The van der Waals surface area contributed by atoms with E-state index in [-0.39, 0.29) is 0 Å². The largest absolute Gasteiger partial charge is 0.424 e. The third kappa shape index (κ3) is 2.32. The summed E-state index contributed by atoms with van der Waals surface area (Å²) in [7, 11) is 1.76. The van der Waals surface area contributed by atoms with Crippen LogP contribution in [0.2, 0.25) is 0 Å². The summed E-state index contributed by atoms with van der Waals surface area (Å²) in [5.41, 5.74) is 0.923. The molecule has 0 aliphatic rings. The van der Waals surface area contributed by atoms with Crippen molar-refractivity contribution in [3.8, 4) is 0 Å². The molecule has 0 saturated carbocycles. The van der Waals surface area contributed by atoms with Gasteiger partial charge in [-0.05, 0) is 19.7 Å². The van der Waals surface area contributed by atoms with Crippen molar-refractivity contribution < 1.29 is 4.42 Å². The molecule has 14 heavy (non-hydrogen) atoms. The van der Waals surface area contributed by atoms with Gasteiger partial charge in [-0.3, -0.25) is 4.99 Å². The van der Waals surface area contributed by atoms with Crippen molar-refractivity contribution in [1.82, 2.24) is 4.98 Å². The monoisotopic (exact) mass is 191 g/mol. The number of aromatic nitrogens is 1. The van der Waals surface area contributed by atoms with Crippen LogP contribution in [-0.2, 0) is 0 Å². The molecule has 0 saturated heterocycles. The van der Waals surface area contributed by atoms with E-state index < -0.39 is 0 Å². The van der Waals surface area contributed by atoms with Crippen molar-refractivity contribution in [3.63, 3.8) is 0 Å². The van der Waals surface area contributed by atoms with Crippen molar-refractivity contribution in [2.24, 2.45) is 4.99 Å². The van der Waals surface area contributed by atoms with Crippen LogP contribution in [0.3, 0.4) is 0 Å². The lowest BCUT2D eigenvalue weighted by Crippen LogP contribution is -1.85. The Bertz CT molecular complexity index is 363. The summed E-state index contributed by atoms with van der Waals surface area (Å²) in [5, 5.41) is 2.82. The van der Waals surface area contributed by atoms with Crippen LogP contribution in [0.5, 0.6) is 0 Å². The molecule has 74 valence electrons. The molecule has 0 bridgehead atoms. The number of aliphatic imine (C=N–C) groups is 1. The van der Waals surface area contributed by atoms with Gasteiger partial charge in [0.15, 0.2) is 5.76 Å². The first kappa shape index (κ1) is 10.2. The van der Waals surface area contributed by atoms with Gasteiger partial charge in [0.25, 0.3) is 6.01 Å². The molecule has 1 heterocycles. The van der Waals surface area contributed by atoms with Gasteiger partial charge in [0.1, 0.15) is 0 Å². The molecule has 0 radical (unpaired) electrons. The molecule has 0 aromatic carbocycles. The van der Waals surface area contributed by atoms with E-state index in [9.17, 15) is 0 Å². The maximum atomic E-state index is 5.38. The average Bonchev–Trinajstić information content (AvgIpc) is 2.68. The summed E-state index contributed by atoms with van der Waals surface area (Å²) in [6.07, 6.45) is 7.00. The zero-order chi connectivity index (χ0) is 10.4. The van der Waals surface area contributed by atoms with Gasteiger partial charge in [-0.15, -0.1) is 0 Å². The minimum absolute atomic E-state index is 0.499. The summed E-state index contributed by atoms with van der Waals surface area (Å²) in [4.78, 5) is 7.64. The molecule has 4 heteroatoms. The second-order valence-corrected chi connectivity index (χ2v) is 2.52. The maximum absolute atomic E-state index is 5.38. The number of nitrogens with zero attached hydrogens (tertiary/aromatic N) is 2. The number of allylic oxidation sites excluding steroid dienone is 3. The number of hydrogen-bond acceptors (Lipinski definition) is 4. The number of anilines is 1. The third-order valence-electron chi connectivity index (χ3n) is 1.67. The molecule has 0 fully saturated rings. The van der Waals surface area contributed by atoms with E-state index in [4.69, 9.17) is 4.42 Å². The summed E-state index contributed by atoms with van der Waals surface area (Å²) < 4.78 is 5.38. The lowest BCUT2D eigenvalue weighted by Gasteiger charge is -1.94. The molecule has 1 N–H and O–H groups in total. The van der Waals surface area contributed by atoms with Crippen molar-refractivity contribution in [1.29, 1.82) is 0 Å². The number of rotatable bonds is 4. The van der Waals surface area contributed by atoms with Gasteiger partial charge in [0, 0.05) is 18.8 Å². The van der Waals surface area contributed by atoms with Crippen molar-refractivity contribution in [2.75, 3.05) is 12.4 Å². The number of hydrogen-bond donors (Lipinski definition) is 1. The molecule has 0 aliphatic carbocycles. The smallest absolute Gasteiger partial charge is 0.294 e. The fourth-order valence-corrected chi connectivity index (χ4v) is 0.977. The lowest BCUT2D eigenvalue weighted by atomic mass is 10.2. The predicted octanol–water partition coefficient (Wildman–Crippen LogP) is 2.33. The standard InChI is InChI=1S/C10H13N3O/c1-4-8(5-6-11-2)9-7-13-10(12-3)14-9/h4-7H,2H2,1,3H3,(H,12,13)/b6-5-,8-4+.